The fourth-order valence-electron chi connectivity index (χ4n) is 0.982. The quantitative estimate of drug-likeness (QED) is 0.267. The number of oxime groups is 1. The maximum Gasteiger partial charge on any atom is 0.266 e. The predicted molar refractivity (Wildman–Crippen MR) is 82.1 cm³/mol. The Morgan fingerprint density at radius 3 is 2.90 bits per heavy atom. The molecule has 10 heteroatoms. The number of hydrogen-bond donors (Lipinski definition) is 1. The van der Waals surface area contributed by atoms with E-state index in [1.165, 1.54) is 17.4 Å². The molecule has 1 aromatic heterocycles. The highest BCUT2D eigenvalue weighted by Gasteiger charge is 2.14. The number of nitrogens with zero attached hydrogens (tertiary/aromatic N) is 2. The Hall–Kier alpha value is -1.15. The molecule has 1 rings (SSSR count). The fourth-order valence-corrected chi connectivity index (χ4v) is 1.84. The van der Waals surface area contributed by atoms with Gasteiger partial charge in [-0.3, -0.25) is 9.59 Å². The van der Waals surface area contributed by atoms with Crippen LogP contribution >= 0.6 is 46.9 Å². The molecule has 0 saturated carbocycles. The van der Waals surface area contributed by atoms with Gasteiger partial charge in [0.25, 0.3) is 5.24 Å². The van der Waals surface area contributed by atoms with Crippen LogP contribution in [-0.2, 0) is 14.4 Å². The summed E-state index contributed by atoms with van der Waals surface area (Å²) in [6.45, 7) is 3.56. The smallest absolute Gasteiger partial charge is 0.266 e. The van der Waals surface area contributed by atoms with Crippen LogP contribution < -0.4 is 5.32 Å². The summed E-state index contributed by atoms with van der Waals surface area (Å²) < 4.78 is 0. The third-order valence-electron chi connectivity index (χ3n) is 1.72. The number of aromatic nitrogens is 1. The van der Waals surface area contributed by atoms with Gasteiger partial charge >= 0.3 is 0 Å². The van der Waals surface area contributed by atoms with Gasteiger partial charge in [-0.15, -0.1) is 35.3 Å². The Labute approximate surface area is 135 Å². The van der Waals surface area contributed by atoms with Crippen molar-refractivity contribution in [3.8, 4) is 0 Å². The van der Waals surface area contributed by atoms with Crippen molar-refractivity contribution in [1.29, 1.82) is 0 Å². The van der Waals surface area contributed by atoms with Crippen molar-refractivity contribution >= 4 is 69.4 Å². The second-order valence-corrected chi connectivity index (χ2v) is 4.56. The number of anilines is 1. The van der Waals surface area contributed by atoms with Gasteiger partial charge in [0.2, 0.25) is 5.91 Å². The lowest BCUT2D eigenvalue weighted by Gasteiger charge is -2.06. The van der Waals surface area contributed by atoms with E-state index in [4.69, 9.17) is 28.0 Å². The molecule has 6 nitrogen and oxygen atoms in total. The van der Waals surface area contributed by atoms with E-state index in [0.29, 0.717) is 10.8 Å². The summed E-state index contributed by atoms with van der Waals surface area (Å²) in [5, 5.41) is 7.17. The number of halogens is 3. The SMILES string of the molecule is C=CC(O/N=C\C(=O)Cl)c1csc(NC(=O)CCl)n1.Cl. The minimum absolute atomic E-state index is 0. The molecule has 0 bridgehead atoms. The zero-order chi connectivity index (χ0) is 14.3. The van der Waals surface area contributed by atoms with E-state index in [-0.39, 0.29) is 24.2 Å². The number of carbonyl (C=O) groups excluding carboxylic acids is 2. The van der Waals surface area contributed by atoms with Crippen molar-refractivity contribution in [1.82, 2.24) is 4.98 Å². The van der Waals surface area contributed by atoms with E-state index in [1.807, 2.05) is 0 Å². The van der Waals surface area contributed by atoms with Crippen LogP contribution in [0, 0.1) is 0 Å². The summed E-state index contributed by atoms with van der Waals surface area (Å²) in [4.78, 5) is 30.6. The minimum atomic E-state index is -0.754. The van der Waals surface area contributed by atoms with Crippen molar-refractivity contribution < 1.29 is 14.4 Å². The summed E-state index contributed by atoms with van der Waals surface area (Å²) in [5.41, 5.74) is 0.490. The van der Waals surface area contributed by atoms with Crippen molar-refractivity contribution in [3.05, 3.63) is 23.7 Å². The third-order valence-corrected chi connectivity index (χ3v) is 2.84. The summed E-state index contributed by atoms with van der Waals surface area (Å²) in [6.07, 6.45) is 1.61. The topological polar surface area (TPSA) is 80.6 Å². The second kappa shape index (κ2) is 9.71. The van der Waals surface area contributed by atoms with E-state index in [9.17, 15) is 9.59 Å². The summed E-state index contributed by atoms with van der Waals surface area (Å²) in [5.74, 6) is -0.511. The van der Waals surface area contributed by atoms with Crippen LogP contribution in [-0.4, -0.2) is 28.2 Å². The first-order chi connectivity index (χ1) is 9.06. The second-order valence-electron chi connectivity index (χ2n) is 3.06. The third kappa shape index (κ3) is 6.33. The summed E-state index contributed by atoms with van der Waals surface area (Å²) >= 11 is 11.6. The van der Waals surface area contributed by atoms with Crippen LogP contribution in [0.2, 0.25) is 0 Å². The molecule has 20 heavy (non-hydrogen) atoms. The van der Waals surface area contributed by atoms with Crippen LogP contribution in [0.3, 0.4) is 0 Å². The predicted octanol–water partition coefficient (Wildman–Crippen LogP) is 2.74. The molecule has 1 amide bonds. The fraction of sp³-hybridized carbons (Fsp3) is 0.200. The number of thiazole rings is 1. The molecule has 1 heterocycles. The summed E-state index contributed by atoms with van der Waals surface area (Å²) in [6, 6.07) is 0. The molecule has 0 spiro atoms. The van der Waals surface area contributed by atoms with E-state index < -0.39 is 11.3 Å². The van der Waals surface area contributed by atoms with E-state index >= 15 is 0 Å². The molecule has 0 saturated heterocycles. The molecular formula is C10H10Cl3N3O3S. The molecule has 0 aromatic carbocycles. The molecule has 1 unspecified atom stereocenters. The van der Waals surface area contributed by atoms with Gasteiger partial charge in [0.1, 0.15) is 17.8 Å². The maximum atomic E-state index is 11.1. The van der Waals surface area contributed by atoms with E-state index in [2.05, 4.69) is 22.0 Å². The van der Waals surface area contributed by atoms with Crippen molar-refractivity contribution in [2.24, 2.45) is 5.16 Å². The number of carbonyl (C=O) groups is 2. The molecular weight excluding hydrogens is 349 g/mol. The highest BCUT2D eigenvalue weighted by Crippen LogP contribution is 2.24. The standard InChI is InChI=1S/C10H9Cl2N3O3S.ClH/c1-2-7(18-13-4-8(12)16)6-5-19-10(14-6)15-9(17)3-11;/h2,4-5,7H,1,3H2,(H,14,15,17);1H/b13-4-;. The van der Waals surface area contributed by atoms with Gasteiger partial charge in [-0.1, -0.05) is 11.7 Å². The Balaban J connectivity index is 0.00000361. The average Bonchev–Trinajstić information content (AvgIpc) is 2.82. The zero-order valence-electron chi connectivity index (χ0n) is 9.92. The number of rotatable bonds is 7. The van der Waals surface area contributed by atoms with Crippen molar-refractivity contribution in [3.63, 3.8) is 0 Å². The number of hydrogen-bond acceptors (Lipinski definition) is 6. The molecule has 1 N–H and O–H groups in total. The van der Waals surface area contributed by atoms with E-state index in [1.54, 1.807) is 5.38 Å². The zero-order valence-corrected chi connectivity index (χ0v) is 13.1. The normalized spacial score (nSPS) is 11.5. The molecule has 110 valence electrons. The first kappa shape index (κ1) is 18.9. The lowest BCUT2D eigenvalue weighted by Crippen LogP contribution is -2.12. The molecule has 0 radical (unpaired) electrons. The maximum absolute atomic E-state index is 11.1. The molecule has 0 aliphatic rings. The highest BCUT2D eigenvalue weighted by molar-refractivity contribution is 7.14. The first-order valence-corrected chi connectivity index (χ1v) is 6.68. The van der Waals surface area contributed by atoms with Crippen LogP contribution in [0.5, 0.6) is 0 Å². The molecule has 0 aliphatic carbocycles. The highest BCUT2D eigenvalue weighted by atomic mass is 35.5. The monoisotopic (exact) mass is 357 g/mol. The lowest BCUT2D eigenvalue weighted by molar-refractivity contribution is -0.114. The largest absolute Gasteiger partial charge is 0.382 e. The minimum Gasteiger partial charge on any atom is -0.382 e. The molecule has 1 atom stereocenters. The van der Waals surface area contributed by atoms with Gasteiger partial charge in [0.15, 0.2) is 11.2 Å². The number of nitrogens with one attached hydrogen (secondary N) is 1. The van der Waals surface area contributed by atoms with Crippen LogP contribution in [0.1, 0.15) is 11.8 Å². The molecule has 0 aliphatic heterocycles. The number of alkyl halides is 1. The van der Waals surface area contributed by atoms with Crippen molar-refractivity contribution in [2.45, 2.75) is 6.10 Å². The Bertz CT molecular complexity index is 507. The Morgan fingerprint density at radius 1 is 1.65 bits per heavy atom. The van der Waals surface area contributed by atoms with Gasteiger partial charge in [0, 0.05) is 5.38 Å². The lowest BCUT2D eigenvalue weighted by atomic mass is 10.3. The van der Waals surface area contributed by atoms with Gasteiger partial charge < -0.3 is 10.2 Å². The van der Waals surface area contributed by atoms with Gasteiger partial charge in [0.05, 0.1) is 0 Å². The van der Waals surface area contributed by atoms with Crippen LogP contribution in [0.25, 0.3) is 0 Å². The average molecular weight is 359 g/mol. The van der Waals surface area contributed by atoms with Crippen LogP contribution in [0.15, 0.2) is 23.2 Å². The molecule has 0 fully saturated rings. The van der Waals surface area contributed by atoms with Gasteiger partial charge in [-0.25, -0.2) is 4.98 Å². The van der Waals surface area contributed by atoms with E-state index in [0.717, 1.165) is 6.21 Å². The Morgan fingerprint density at radius 2 is 2.35 bits per heavy atom. The van der Waals surface area contributed by atoms with Gasteiger partial charge in [-0.2, -0.15) is 0 Å². The molecule has 1 aromatic rings. The van der Waals surface area contributed by atoms with Crippen LogP contribution in [0.4, 0.5) is 5.13 Å². The van der Waals surface area contributed by atoms with Gasteiger partial charge in [-0.05, 0) is 17.7 Å². The summed E-state index contributed by atoms with van der Waals surface area (Å²) in [7, 11) is 0. The number of amides is 1. The van der Waals surface area contributed by atoms with Crippen molar-refractivity contribution in [2.75, 3.05) is 11.2 Å². The first-order valence-electron chi connectivity index (χ1n) is 4.89. The Kier molecular flexibility index (Phi) is 9.15.